The third-order valence-corrected chi connectivity index (χ3v) is 14.4. The monoisotopic (exact) mass is 1130 g/mol. The zero-order valence-corrected chi connectivity index (χ0v) is 53.5. The lowest BCUT2D eigenvalue weighted by atomic mass is 10.0. The number of unbranched alkanes of at least 4 members (excludes halogenated alkanes) is 28. The summed E-state index contributed by atoms with van der Waals surface area (Å²) in [4.78, 5) is 38.4. The maximum Gasteiger partial charge on any atom is 0.306 e. The number of esters is 3. The summed E-state index contributed by atoms with van der Waals surface area (Å²) in [5.74, 6) is -0.914. The van der Waals surface area contributed by atoms with Crippen LogP contribution in [0.5, 0.6) is 0 Å². The molecule has 0 saturated carbocycles. The first kappa shape index (κ1) is 77.5. The molecule has 0 aliphatic carbocycles. The van der Waals surface area contributed by atoms with Crippen LogP contribution in [-0.2, 0) is 28.6 Å². The molecule has 0 heterocycles. The van der Waals surface area contributed by atoms with Crippen LogP contribution in [0.25, 0.3) is 0 Å². The molecule has 6 nitrogen and oxygen atoms in total. The second-order valence-corrected chi connectivity index (χ2v) is 22.3. The minimum absolute atomic E-state index is 0.0911. The van der Waals surface area contributed by atoms with Crippen LogP contribution in [0.4, 0.5) is 0 Å². The normalized spacial score (nSPS) is 13.0. The van der Waals surface area contributed by atoms with E-state index in [2.05, 4.69) is 154 Å². The van der Waals surface area contributed by atoms with E-state index in [4.69, 9.17) is 14.2 Å². The highest BCUT2D eigenvalue weighted by Gasteiger charge is 2.19. The predicted molar refractivity (Wildman–Crippen MR) is 357 cm³/mol. The Morgan fingerprint density at radius 3 is 0.780 bits per heavy atom. The quantitative estimate of drug-likeness (QED) is 0.0261. The van der Waals surface area contributed by atoms with Gasteiger partial charge in [0.1, 0.15) is 13.2 Å². The molecular weight excluding hydrogens is 1010 g/mol. The number of carbonyl (C=O) groups excluding carboxylic acids is 3. The molecule has 466 valence electrons. The third kappa shape index (κ3) is 66.4. The van der Waals surface area contributed by atoms with Crippen LogP contribution in [0.15, 0.2) is 134 Å². The van der Waals surface area contributed by atoms with Gasteiger partial charge in [0.15, 0.2) is 6.10 Å². The lowest BCUT2D eigenvalue weighted by molar-refractivity contribution is -0.167. The van der Waals surface area contributed by atoms with Crippen molar-refractivity contribution in [3.8, 4) is 0 Å². The molecule has 82 heavy (non-hydrogen) atoms. The second-order valence-electron chi connectivity index (χ2n) is 22.3. The Morgan fingerprint density at radius 2 is 0.488 bits per heavy atom. The van der Waals surface area contributed by atoms with Crippen molar-refractivity contribution in [1.82, 2.24) is 0 Å². The standard InChI is InChI=1S/C76H126O6/c1-4-7-10-13-16-19-22-25-28-30-32-33-34-35-36-37-38-39-40-41-42-43-45-46-48-51-54-57-60-63-66-69-75(78)81-72-73(71-80-74(77)68-65-62-59-56-53-50-27-24-21-18-15-12-9-6-3)82-76(79)70-67-64-61-58-55-52-49-47-44-31-29-26-23-20-17-14-11-8-5-2/h7,10,15-20,24-29,32-33,35-36,38-39,44,47,73H,4-6,8-9,11-14,21-23,30-31,34,37,40-43,45-46,48-72H2,1-3H3/b10-7-,18-15-,19-16-,20-17-,27-24-,28-25-,29-26-,33-32-,36-35-,39-38-,47-44-. The molecule has 0 fully saturated rings. The van der Waals surface area contributed by atoms with E-state index < -0.39 is 6.10 Å². The minimum atomic E-state index is -0.797. The Kier molecular flexibility index (Phi) is 65.3. The van der Waals surface area contributed by atoms with E-state index >= 15 is 0 Å². The Bertz CT molecular complexity index is 1730. The maximum atomic E-state index is 12.9. The van der Waals surface area contributed by atoms with Gasteiger partial charge in [0.25, 0.3) is 0 Å². The summed E-state index contributed by atoms with van der Waals surface area (Å²) < 4.78 is 16.9. The van der Waals surface area contributed by atoms with Gasteiger partial charge in [-0.05, 0) is 135 Å². The van der Waals surface area contributed by atoms with E-state index in [-0.39, 0.29) is 31.1 Å². The van der Waals surface area contributed by atoms with Gasteiger partial charge in [-0.1, -0.05) is 289 Å². The molecule has 0 N–H and O–H groups in total. The first-order valence-corrected chi connectivity index (χ1v) is 34.2. The Labute approximate surface area is 506 Å². The Hall–Kier alpha value is -4.45. The highest BCUT2D eigenvalue weighted by Crippen LogP contribution is 2.16. The highest BCUT2D eigenvalue weighted by atomic mass is 16.6. The van der Waals surface area contributed by atoms with Gasteiger partial charge in [0.05, 0.1) is 0 Å². The summed E-state index contributed by atoms with van der Waals surface area (Å²) in [6.07, 6.45) is 97.5. The average Bonchev–Trinajstić information content (AvgIpc) is 3.47. The van der Waals surface area contributed by atoms with Crippen molar-refractivity contribution in [3.05, 3.63) is 134 Å². The van der Waals surface area contributed by atoms with E-state index in [1.165, 1.54) is 122 Å². The summed E-state index contributed by atoms with van der Waals surface area (Å²) >= 11 is 0. The lowest BCUT2D eigenvalue weighted by Gasteiger charge is -2.18. The number of rotatable bonds is 61. The van der Waals surface area contributed by atoms with Gasteiger partial charge in [-0.3, -0.25) is 14.4 Å². The first-order valence-electron chi connectivity index (χ1n) is 34.2. The molecule has 0 aromatic rings. The van der Waals surface area contributed by atoms with Crippen LogP contribution in [0, 0.1) is 0 Å². The zero-order valence-electron chi connectivity index (χ0n) is 53.5. The maximum absolute atomic E-state index is 12.9. The van der Waals surface area contributed by atoms with Gasteiger partial charge in [0.2, 0.25) is 0 Å². The van der Waals surface area contributed by atoms with E-state index in [1.807, 2.05) is 0 Å². The average molecular weight is 1140 g/mol. The SMILES string of the molecule is CC/C=C\C/C=C\C/C=C\C/C=C\C/C=C\C/C=C\CCCCCCCCCCCCCCC(=O)OCC(COC(=O)CCCCCCC/C=C\C/C=C\CCCC)OC(=O)CCCCCCCC/C=C\C/C=C\C/C=C\CCCCC. The third-order valence-electron chi connectivity index (χ3n) is 14.4. The molecule has 0 spiro atoms. The lowest BCUT2D eigenvalue weighted by Crippen LogP contribution is -2.30. The Morgan fingerprint density at radius 1 is 0.256 bits per heavy atom. The van der Waals surface area contributed by atoms with E-state index in [9.17, 15) is 14.4 Å². The molecule has 0 aliphatic rings. The topological polar surface area (TPSA) is 78.9 Å². The molecule has 0 amide bonds. The molecule has 0 radical (unpaired) electrons. The Balaban J connectivity index is 4.31. The number of ether oxygens (including phenoxy) is 3. The molecule has 0 aromatic heterocycles. The number of carbonyl (C=O) groups is 3. The van der Waals surface area contributed by atoms with E-state index in [0.717, 1.165) is 148 Å². The molecule has 6 heteroatoms. The number of allylic oxidation sites excluding steroid dienone is 22. The van der Waals surface area contributed by atoms with Crippen molar-refractivity contribution in [2.75, 3.05) is 13.2 Å². The highest BCUT2D eigenvalue weighted by molar-refractivity contribution is 5.71. The van der Waals surface area contributed by atoms with Crippen LogP contribution in [0.3, 0.4) is 0 Å². The molecule has 0 rings (SSSR count). The molecular formula is C76H126O6. The van der Waals surface area contributed by atoms with Gasteiger partial charge < -0.3 is 14.2 Å². The predicted octanol–water partition coefficient (Wildman–Crippen LogP) is 23.7. The van der Waals surface area contributed by atoms with Crippen LogP contribution in [0.1, 0.15) is 310 Å². The summed E-state index contributed by atoms with van der Waals surface area (Å²) in [6.45, 7) is 6.45. The van der Waals surface area contributed by atoms with Gasteiger partial charge >= 0.3 is 17.9 Å². The fourth-order valence-corrected chi connectivity index (χ4v) is 9.24. The number of hydrogen-bond donors (Lipinski definition) is 0. The molecule has 1 unspecified atom stereocenters. The second kappa shape index (κ2) is 69.0. The fraction of sp³-hybridized carbons (Fsp3) is 0.671. The molecule has 1 atom stereocenters. The van der Waals surface area contributed by atoms with Crippen molar-refractivity contribution in [3.63, 3.8) is 0 Å². The van der Waals surface area contributed by atoms with Crippen LogP contribution >= 0.6 is 0 Å². The van der Waals surface area contributed by atoms with E-state index in [0.29, 0.717) is 19.3 Å². The van der Waals surface area contributed by atoms with Crippen molar-refractivity contribution in [2.45, 2.75) is 316 Å². The number of hydrogen-bond acceptors (Lipinski definition) is 6. The van der Waals surface area contributed by atoms with Gasteiger partial charge in [-0.15, -0.1) is 0 Å². The van der Waals surface area contributed by atoms with Crippen molar-refractivity contribution < 1.29 is 28.6 Å². The van der Waals surface area contributed by atoms with Crippen LogP contribution in [-0.4, -0.2) is 37.2 Å². The smallest absolute Gasteiger partial charge is 0.306 e. The molecule has 0 aromatic carbocycles. The summed E-state index contributed by atoms with van der Waals surface area (Å²) in [5, 5.41) is 0. The largest absolute Gasteiger partial charge is 0.462 e. The fourth-order valence-electron chi connectivity index (χ4n) is 9.24. The molecule has 0 saturated heterocycles. The molecule has 0 aliphatic heterocycles. The summed E-state index contributed by atoms with van der Waals surface area (Å²) in [6, 6.07) is 0. The van der Waals surface area contributed by atoms with Crippen LogP contribution in [0.2, 0.25) is 0 Å². The zero-order chi connectivity index (χ0) is 59.2. The van der Waals surface area contributed by atoms with Crippen molar-refractivity contribution >= 4 is 17.9 Å². The summed E-state index contributed by atoms with van der Waals surface area (Å²) in [5.41, 5.74) is 0. The minimum Gasteiger partial charge on any atom is -0.462 e. The van der Waals surface area contributed by atoms with Crippen molar-refractivity contribution in [2.24, 2.45) is 0 Å². The van der Waals surface area contributed by atoms with Gasteiger partial charge in [-0.2, -0.15) is 0 Å². The first-order chi connectivity index (χ1) is 40.5. The van der Waals surface area contributed by atoms with E-state index in [1.54, 1.807) is 0 Å². The van der Waals surface area contributed by atoms with Gasteiger partial charge in [-0.25, -0.2) is 0 Å². The summed E-state index contributed by atoms with van der Waals surface area (Å²) in [7, 11) is 0. The van der Waals surface area contributed by atoms with Gasteiger partial charge in [0, 0.05) is 19.3 Å². The molecule has 0 bridgehead atoms. The van der Waals surface area contributed by atoms with Crippen LogP contribution < -0.4 is 0 Å². The van der Waals surface area contributed by atoms with Crippen molar-refractivity contribution in [1.29, 1.82) is 0 Å².